The molecule has 4 nitrogen and oxygen atoms in total. The van der Waals surface area contributed by atoms with Gasteiger partial charge in [0.15, 0.2) is 0 Å². The third-order valence-corrected chi connectivity index (χ3v) is 3.42. The monoisotopic (exact) mass is 277 g/mol. The number of nitrogens with zero attached hydrogens (tertiary/aromatic N) is 1. The van der Waals surface area contributed by atoms with Gasteiger partial charge >= 0.3 is 0 Å². The van der Waals surface area contributed by atoms with Crippen molar-refractivity contribution in [1.82, 2.24) is 0 Å². The van der Waals surface area contributed by atoms with Gasteiger partial charge in [-0.25, -0.2) is 0 Å². The number of nitrogens with one attached hydrogen (secondary N) is 1. The van der Waals surface area contributed by atoms with E-state index < -0.39 is 0 Å². The minimum Gasteiger partial charge on any atom is -0.369 e. The van der Waals surface area contributed by atoms with Crippen molar-refractivity contribution >= 4 is 17.3 Å². The van der Waals surface area contributed by atoms with Crippen LogP contribution in [0.4, 0.5) is 11.4 Å². The molecule has 0 aliphatic heterocycles. The van der Waals surface area contributed by atoms with Crippen LogP contribution in [0.25, 0.3) is 0 Å². The Bertz CT molecular complexity index is 414. The highest BCUT2D eigenvalue weighted by Crippen LogP contribution is 2.20. The first-order valence-corrected chi connectivity index (χ1v) is 7.40. The highest BCUT2D eigenvalue weighted by Gasteiger charge is 2.10. The van der Waals surface area contributed by atoms with Gasteiger partial charge in [-0.2, -0.15) is 0 Å². The summed E-state index contributed by atoms with van der Waals surface area (Å²) in [5.74, 6) is -0.0247. The zero-order valence-electron chi connectivity index (χ0n) is 13.0. The molecule has 1 aromatic carbocycles. The van der Waals surface area contributed by atoms with E-state index in [1.807, 2.05) is 31.2 Å². The predicted molar refractivity (Wildman–Crippen MR) is 86.1 cm³/mol. The molecular weight excluding hydrogens is 250 g/mol. The SMILES string of the molecule is CCC(N)CC(=O)Nc1ccc(N(CC)C(C)C)cc1. The molecular formula is C16H27N3O. The standard InChI is InChI=1S/C16H27N3O/c1-5-13(17)11-16(20)18-14-7-9-15(10-8-14)19(6-2)12(3)4/h7-10,12-13H,5-6,11,17H2,1-4H3,(H,18,20). The summed E-state index contributed by atoms with van der Waals surface area (Å²) in [4.78, 5) is 14.1. The molecule has 3 N–H and O–H groups in total. The molecule has 1 rings (SSSR count). The number of carbonyl (C=O) groups excluding carboxylic acids is 1. The van der Waals surface area contributed by atoms with Crippen LogP contribution in [-0.2, 0) is 4.79 Å². The van der Waals surface area contributed by atoms with Gasteiger partial charge < -0.3 is 16.0 Å². The number of benzene rings is 1. The first-order chi connectivity index (χ1) is 9.47. The average Bonchev–Trinajstić information content (AvgIpc) is 2.40. The van der Waals surface area contributed by atoms with E-state index in [2.05, 4.69) is 31.0 Å². The molecule has 20 heavy (non-hydrogen) atoms. The van der Waals surface area contributed by atoms with Crippen molar-refractivity contribution in [2.24, 2.45) is 5.73 Å². The van der Waals surface area contributed by atoms with Crippen LogP contribution in [0.5, 0.6) is 0 Å². The molecule has 0 heterocycles. The number of hydrogen-bond acceptors (Lipinski definition) is 3. The van der Waals surface area contributed by atoms with Crippen LogP contribution in [0, 0.1) is 0 Å². The summed E-state index contributed by atoms with van der Waals surface area (Å²) in [6.45, 7) is 9.44. The highest BCUT2D eigenvalue weighted by molar-refractivity contribution is 5.91. The molecule has 1 unspecified atom stereocenters. The lowest BCUT2D eigenvalue weighted by molar-refractivity contribution is -0.116. The summed E-state index contributed by atoms with van der Waals surface area (Å²) in [5, 5.41) is 2.88. The fraction of sp³-hybridized carbons (Fsp3) is 0.562. The van der Waals surface area contributed by atoms with Gasteiger partial charge in [-0.1, -0.05) is 6.92 Å². The largest absolute Gasteiger partial charge is 0.369 e. The van der Waals surface area contributed by atoms with Gasteiger partial charge in [0.05, 0.1) is 0 Å². The van der Waals surface area contributed by atoms with Gasteiger partial charge in [-0.15, -0.1) is 0 Å². The molecule has 0 bridgehead atoms. The minimum atomic E-state index is -0.0641. The third kappa shape index (κ3) is 4.85. The van der Waals surface area contributed by atoms with Crippen LogP contribution in [0.15, 0.2) is 24.3 Å². The molecule has 1 aromatic rings. The van der Waals surface area contributed by atoms with E-state index >= 15 is 0 Å². The third-order valence-electron chi connectivity index (χ3n) is 3.42. The number of rotatable bonds is 7. The van der Waals surface area contributed by atoms with Crippen LogP contribution in [0.2, 0.25) is 0 Å². The molecule has 112 valence electrons. The molecule has 0 saturated carbocycles. The smallest absolute Gasteiger partial charge is 0.225 e. The number of hydrogen-bond donors (Lipinski definition) is 2. The maximum absolute atomic E-state index is 11.8. The lowest BCUT2D eigenvalue weighted by atomic mass is 10.1. The molecule has 1 atom stereocenters. The predicted octanol–water partition coefficient (Wildman–Crippen LogP) is 2.99. The van der Waals surface area contributed by atoms with E-state index in [0.29, 0.717) is 12.5 Å². The van der Waals surface area contributed by atoms with Gasteiger partial charge in [-0.3, -0.25) is 4.79 Å². The van der Waals surface area contributed by atoms with Gasteiger partial charge in [-0.05, 0) is 51.5 Å². The Balaban J connectivity index is 2.65. The lowest BCUT2D eigenvalue weighted by Crippen LogP contribution is -2.30. The van der Waals surface area contributed by atoms with Crippen molar-refractivity contribution in [3.8, 4) is 0 Å². The van der Waals surface area contributed by atoms with E-state index in [-0.39, 0.29) is 11.9 Å². The molecule has 0 aromatic heterocycles. The van der Waals surface area contributed by atoms with Crippen LogP contribution >= 0.6 is 0 Å². The lowest BCUT2D eigenvalue weighted by Gasteiger charge is -2.27. The number of carbonyl (C=O) groups is 1. The zero-order valence-corrected chi connectivity index (χ0v) is 13.0. The summed E-state index contributed by atoms with van der Waals surface area (Å²) in [7, 11) is 0. The Hall–Kier alpha value is -1.55. The van der Waals surface area contributed by atoms with Crippen LogP contribution in [0.3, 0.4) is 0 Å². The first-order valence-electron chi connectivity index (χ1n) is 7.40. The van der Waals surface area contributed by atoms with Gasteiger partial charge in [0, 0.05) is 36.4 Å². The maximum Gasteiger partial charge on any atom is 0.225 e. The van der Waals surface area contributed by atoms with Crippen molar-refractivity contribution in [2.45, 2.75) is 52.6 Å². The summed E-state index contributed by atoms with van der Waals surface area (Å²) >= 11 is 0. The van der Waals surface area contributed by atoms with Crippen molar-refractivity contribution < 1.29 is 4.79 Å². The Morgan fingerprint density at radius 2 is 1.85 bits per heavy atom. The fourth-order valence-electron chi connectivity index (χ4n) is 2.18. The number of anilines is 2. The normalized spacial score (nSPS) is 12.3. The molecule has 0 radical (unpaired) electrons. The molecule has 0 spiro atoms. The van der Waals surface area contributed by atoms with Crippen LogP contribution in [-0.4, -0.2) is 24.5 Å². The quantitative estimate of drug-likeness (QED) is 0.805. The second kappa shape index (κ2) is 7.90. The number of nitrogens with two attached hydrogens (primary N) is 1. The van der Waals surface area contributed by atoms with Crippen molar-refractivity contribution in [3.05, 3.63) is 24.3 Å². The van der Waals surface area contributed by atoms with Crippen molar-refractivity contribution in [3.63, 3.8) is 0 Å². The van der Waals surface area contributed by atoms with Gasteiger partial charge in [0.2, 0.25) is 5.91 Å². The summed E-state index contributed by atoms with van der Waals surface area (Å²) in [6, 6.07) is 8.36. The van der Waals surface area contributed by atoms with Gasteiger partial charge in [0.25, 0.3) is 0 Å². The molecule has 0 aliphatic carbocycles. The fourth-order valence-corrected chi connectivity index (χ4v) is 2.18. The van der Waals surface area contributed by atoms with Crippen molar-refractivity contribution in [2.75, 3.05) is 16.8 Å². The van der Waals surface area contributed by atoms with Crippen molar-refractivity contribution in [1.29, 1.82) is 0 Å². The topological polar surface area (TPSA) is 58.4 Å². The highest BCUT2D eigenvalue weighted by atomic mass is 16.1. The Morgan fingerprint density at radius 3 is 2.30 bits per heavy atom. The average molecular weight is 277 g/mol. The van der Waals surface area contributed by atoms with Crippen LogP contribution in [0.1, 0.15) is 40.5 Å². The van der Waals surface area contributed by atoms with E-state index in [1.165, 1.54) is 5.69 Å². The minimum absolute atomic E-state index is 0.0247. The molecule has 1 amide bonds. The maximum atomic E-state index is 11.8. The number of amides is 1. The van der Waals surface area contributed by atoms with E-state index in [4.69, 9.17) is 5.73 Å². The van der Waals surface area contributed by atoms with Gasteiger partial charge in [0.1, 0.15) is 0 Å². The Morgan fingerprint density at radius 1 is 1.25 bits per heavy atom. The van der Waals surface area contributed by atoms with E-state index in [1.54, 1.807) is 0 Å². The Kier molecular flexibility index (Phi) is 6.52. The molecule has 4 heteroatoms. The van der Waals surface area contributed by atoms with E-state index in [9.17, 15) is 4.79 Å². The molecule has 0 aliphatic rings. The second-order valence-corrected chi connectivity index (χ2v) is 5.35. The summed E-state index contributed by atoms with van der Waals surface area (Å²) < 4.78 is 0. The zero-order chi connectivity index (χ0) is 15.1. The summed E-state index contributed by atoms with van der Waals surface area (Å²) in [5.41, 5.74) is 7.77. The first kappa shape index (κ1) is 16.5. The van der Waals surface area contributed by atoms with Crippen LogP contribution < -0.4 is 16.0 Å². The summed E-state index contributed by atoms with van der Waals surface area (Å²) in [6.07, 6.45) is 1.18. The second-order valence-electron chi connectivity index (χ2n) is 5.35. The Labute approximate surface area is 122 Å². The molecule has 0 saturated heterocycles. The molecule has 0 fully saturated rings. The van der Waals surface area contributed by atoms with E-state index in [0.717, 1.165) is 18.7 Å².